The number of aromatic nitrogens is 1. The fourth-order valence-corrected chi connectivity index (χ4v) is 2.66. The van der Waals surface area contributed by atoms with Gasteiger partial charge < -0.3 is 15.4 Å². The molecule has 6 nitrogen and oxygen atoms in total. The molecule has 0 aliphatic heterocycles. The number of aliphatic carboxylic acids is 1. The molecule has 0 aliphatic carbocycles. The van der Waals surface area contributed by atoms with Crippen molar-refractivity contribution in [1.82, 2.24) is 4.57 Å². The third kappa shape index (κ3) is 2.34. The monoisotopic (exact) mass is 282 g/mol. The molecule has 102 valence electrons. The summed E-state index contributed by atoms with van der Waals surface area (Å²) in [7, 11) is -1.59. The second kappa shape index (κ2) is 4.36. The van der Waals surface area contributed by atoms with Crippen LogP contribution in [0.1, 0.15) is 11.6 Å². The summed E-state index contributed by atoms with van der Waals surface area (Å²) in [6, 6.07) is 3.42. The molecule has 7 heteroatoms. The van der Waals surface area contributed by atoms with Crippen LogP contribution in [-0.4, -0.2) is 30.3 Å². The highest BCUT2D eigenvalue weighted by molar-refractivity contribution is 7.90. The summed E-state index contributed by atoms with van der Waals surface area (Å²) < 4.78 is 24.8. The Balaban J connectivity index is 2.76. The van der Waals surface area contributed by atoms with Crippen molar-refractivity contribution in [2.75, 3.05) is 6.26 Å². The Morgan fingerprint density at radius 1 is 1.42 bits per heavy atom. The molecule has 0 bridgehead atoms. The quantitative estimate of drug-likeness (QED) is 0.861. The molecular formula is C12H14N2O4S. The van der Waals surface area contributed by atoms with Gasteiger partial charge in [-0.1, -0.05) is 0 Å². The maximum absolute atomic E-state index is 11.5. The number of carboxylic acid groups (broad SMARTS) is 1. The standard InChI is InChI=1S/C12H14N2O4S/c1-14-6-9(11(13)12(15)16)8-5-7(19(2,17)18)3-4-10(8)14/h3-6,11H,13H2,1-2H3,(H,15,16). The molecule has 1 aromatic heterocycles. The lowest BCUT2D eigenvalue weighted by molar-refractivity contribution is -0.138. The first-order valence-electron chi connectivity index (χ1n) is 5.49. The maximum atomic E-state index is 11.5. The van der Waals surface area contributed by atoms with Crippen LogP contribution in [0.15, 0.2) is 29.3 Å². The highest BCUT2D eigenvalue weighted by Gasteiger charge is 2.20. The van der Waals surface area contributed by atoms with Gasteiger partial charge in [-0.15, -0.1) is 0 Å². The predicted molar refractivity (Wildman–Crippen MR) is 70.6 cm³/mol. The number of fused-ring (bicyclic) bond motifs is 1. The van der Waals surface area contributed by atoms with E-state index in [4.69, 9.17) is 10.8 Å². The third-order valence-electron chi connectivity index (χ3n) is 3.02. The van der Waals surface area contributed by atoms with Gasteiger partial charge in [0.2, 0.25) is 0 Å². The van der Waals surface area contributed by atoms with Gasteiger partial charge in [0.05, 0.1) is 4.90 Å². The van der Waals surface area contributed by atoms with E-state index in [0.29, 0.717) is 10.9 Å². The maximum Gasteiger partial charge on any atom is 0.325 e. The lowest BCUT2D eigenvalue weighted by Crippen LogP contribution is -2.20. The van der Waals surface area contributed by atoms with Gasteiger partial charge in [-0.3, -0.25) is 4.79 Å². The molecule has 2 rings (SSSR count). The largest absolute Gasteiger partial charge is 0.480 e. The molecule has 1 aromatic carbocycles. The van der Waals surface area contributed by atoms with E-state index in [-0.39, 0.29) is 4.90 Å². The Morgan fingerprint density at radius 2 is 2.05 bits per heavy atom. The van der Waals surface area contributed by atoms with Crippen LogP contribution < -0.4 is 5.73 Å². The van der Waals surface area contributed by atoms with Crippen molar-refractivity contribution in [3.63, 3.8) is 0 Å². The van der Waals surface area contributed by atoms with E-state index in [1.54, 1.807) is 23.9 Å². The molecule has 19 heavy (non-hydrogen) atoms. The van der Waals surface area contributed by atoms with Crippen molar-refractivity contribution >= 4 is 26.7 Å². The molecule has 3 N–H and O–H groups in total. The summed E-state index contributed by atoms with van der Waals surface area (Å²) in [5.74, 6) is -1.16. The van der Waals surface area contributed by atoms with Crippen LogP contribution in [0, 0.1) is 0 Å². The summed E-state index contributed by atoms with van der Waals surface area (Å²) in [4.78, 5) is 11.1. The lowest BCUT2D eigenvalue weighted by Gasteiger charge is -2.05. The van der Waals surface area contributed by atoms with E-state index in [2.05, 4.69) is 0 Å². The molecule has 1 heterocycles. The fraction of sp³-hybridized carbons (Fsp3) is 0.250. The zero-order valence-corrected chi connectivity index (χ0v) is 11.3. The van der Waals surface area contributed by atoms with Gasteiger partial charge in [0.15, 0.2) is 9.84 Å². The number of carbonyl (C=O) groups is 1. The van der Waals surface area contributed by atoms with Crippen LogP contribution in [0.3, 0.4) is 0 Å². The fourth-order valence-electron chi connectivity index (χ4n) is 2.01. The second-order valence-electron chi connectivity index (χ2n) is 4.46. The Morgan fingerprint density at radius 3 is 2.58 bits per heavy atom. The van der Waals surface area contributed by atoms with Gasteiger partial charge in [-0.25, -0.2) is 8.42 Å². The SMILES string of the molecule is Cn1cc(C(N)C(=O)O)c2cc(S(C)(=O)=O)ccc21. The smallest absolute Gasteiger partial charge is 0.325 e. The summed E-state index contributed by atoms with van der Waals surface area (Å²) in [5.41, 5.74) is 6.75. The molecule has 0 amide bonds. The highest BCUT2D eigenvalue weighted by atomic mass is 32.2. The van der Waals surface area contributed by atoms with Crippen molar-refractivity contribution in [3.05, 3.63) is 30.0 Å². The van der Waals surface area contributed by atoms with Gasteiger partial charge in [0.25, 0.3) is 0 Å². The number of benzene rings is 1. The van der Waals surface area contributed by atoms with Crippen LogP contribution in [0.5, 0.6) is 0 Å². The van der Waals surface area contributed by atoms with Crippen LogP contribution >= 0.6 is 0 Å². The van der Waals surface area contributed by atoms with Crippen LogP contribution in [-0.2, 0) is 21.7 Å². The van der Waals surface area contributed by atoms with Crippen LogP contribution in [0.4, 0.5) is 0 Å². The van der Waals surface area contributed by atoms with Gasteiger partial charge in [0, 0.05) is 36.0 Å². The Hall–Kier alpha value is -1.86. The second-order valence-corrected chi connectivity index (χ2v) is 6.48. The number of nitrogens with two attached hydrogens (primary N) is 1. The number of carboxylic acids is 1. The van der Waals surface area contributed by atoms with E-state index in [1.807, 2.05) is 0 Å². The van der Waals surface area contributed by atoms with Crippen molar-refractivity contribution in [1.29, 1.82) is 0 Å². The number of hydrogen-bond donors (Lipinski definition) is 2. The molecule has 0 saturated heterocycles. The molecule has 0 aliphatic rings. The van der Waals surface area contributed by atoms with E-state index >= 15 is 0 Å². The van der Waals surface area contributed by atoms with E-state index in [0.717, 1.165) is 11.8 Å². The molecule has 1 unspecified atom stereocenters. The molecule has 0 fully saturated rings. The zero-order valence-electron chi connectivity index (χ0n) is 10.5. The Bertz CT molecular complexity index is 761. The predicted octanol–water partition coefficient (Wildman–Crippen LogP) is 0.666. The molecule has 1 atom stereocenters. The van der Waals surface area contributed by atoms with Gasteiger partial charge in [-0.2, -0.15) is 0 Å². The number of nitrogens with zero attached hydrogens (tertiary/aromatic N) is 1. The Kier molecular flexibility index (Phi) is 3.11. The van der Waals surface area contributed by atoms with Crippen molar-refractivity contribution < 1.29 is 18.3 Å². The third-order valence-corrected chi connectivity index (χ3v) is 4.13. The summed E-state index contributed by atoms with van der Waals surface area (Å²) in [5, 5.41) is 9.52. The topological polar surface area (TPSA) is 102 Å². The average molecular weight is 282 g/mol. The van der Waals surface area contributed by atoms with Crippen LogP contribution in [0.2, 0.25) is 0 Å². The van der Waals surface area contributed by atoms with E-state index in [1.165, 1.54) is 12.1 Å². The minimum absolute atomic E-state index is 0.144. The molecule has 0 spiro atoms. The summed E-state index contributed by atoms with van der Waals surface area (Å²) in [6.45, 7) is 0. The number of sulfone groups is 1. The summed E-state index contributed by atoms with van der Waals surface area (Å²) in [6.07, 6.45) is 2.71. The molecular weight excluding hydrogens is 268 g/mol. The number of hydrogen-bond acceptors (Lipinski definition) is 4. The van der Waals surface area contributed by atoms with Gasteiger partial charge >= 0.3 is 5.97 Å². The first-order chi connectivity index (χ1) is 8.71. The van der Waals surface area contributed by atoms with E-state index in [9.17, 15) is 13.2 Å². The highest BCUT2D eigenvalue weighted by Crippen LogP contribution is 2.27. The normalized spacial score (nSPS) is 13.6. The minimum Gasteiger partial charge on any atom is -0.480 e. The number of aryl methyl sites for hydroxylation is 1. The minimum atomic E-state index is -3.35. The Labute approximate surface area is 110 Å². The van der Waals surface area contributed by atoms with Crippen molar-refractivity contribution in [2.24, 2.45) is 12.8 Å². The van der Waals surface area contributed by atoms with Gasteiger partial charge in [0.1, 0.15) is 6.04 Å². The molecule has 0 radical (unpaired) electrons. The van der Waals surface area contributed by atoms with E-state index < -0.39 is 21.8 Å². The average Bonchev–Trinajstić information content (AvgIpc) is 2.64. The first-order valence-corrected chi connectivity index (χ1v) is 7.38. The lowest BCUT2D eigenvalue weighted by atomic mass is 10.1. The van der Waals surface area contributed by atoms with Crippen molar-refractivity contribution in [3.8, 4) is 0 Å². The number of rotatable bonds is 3. The first kappa shape index (κ1) is 13.6. The zero-order chi connectivity index (χ0) is 14.4. The molecule has 0 saturated carbocycles. The van der Waals surface area contributed by atoms with Crippen LogP contribution in [0.25, 0.3) is 10.9 Å². The van der Waals surface area contributed by atoms with Gasteiger partial charge in [-0.05, 0) is 18.2 Å². The van der Waals surface area contributed by atoms with Crippen molar-refractivity contribution in [2.45, 2.75) is 10.9 Å². The summed E-state index contributed by atoms with van der Waals surface area (Å²) >= 11 is 0. The molecule has 2 aromatic rings.